The second-order valence-electron chi connectivity index (χ2n) is 7.93. The number of carbonyl (C=O) groups excluding carboxylic acids is 2. The van der Waals surface area contributed by atoms with Crippen molar-refractivity contribution >= 4 is 17.6 Å². The Hall–Kier alpha value is -3.09. The predicted molar refractivity (Wildman–Crippen MR) is 111 cm³/mol. The van der Waals surface area contributed by atoms with E-state index in [0.717, 1.165) is 32.1 Å². The Morgan fingerprint density at radius 1 is 1.24 bits per heavy atom. The maximum absolute atomic E-state index is 12.2. The average Bonchev–Trinajstić information content (AvgIpc) is 3.32. The Morgan fingerprint density at radius 3 is 2.72 bits per heavy atom. The van der Waals surface area contributed by atoms with Crippen molar-refractivity contribution in [3.05, 3.63) is 59.3 Å². The molecular weight excluding hydrogens is 366 g/mol. The van der Waals surface area contributed by atoms with Gasteiger partial charge < -0.3 is 16.4 Å². The molecule has 1 aromatic carbocycles. The fourth-order valence-corrected chi connectivity index (χ4v) is 4.74. The monoisotopic (exact) mass is 393 g/mol. The van der Waals surface area contributed by atoms with Crippen molar-refractivity contribution in [1.29, 1.82) is 0 Å². The molecule has 7 heteroatoms. The highest BCUT2D eigenvalue weighted by Gasteiger charge is 2.32. The van der Waals surface area contributed by atoms with Crippen molar-refractivity contribution in [2.45, 2.75) is 50.6 Å². The number of aryl methyl sites for hydroxylation is 1. The number of aromatic nitrogens is 2. The van der Waals surface area contributed by atoms with Crippen LogP contribution in [0.3, 0.4) is 0 Å². The Labute approximate surface area is 170 Å². The summed E-state index contributed by atoms with van der Waals surface area (Å²) in [5, 5.41) is 4.74. The zero-order valence-corrected chi connectivity index (χ0v) is 16.5. The van der Waals surface area contributed by atoms with Gasteiger partial charge in [0.25, 0.3) is 5.91 Å². The molecule has 152 valence electrons. The van der Waals surface area contributed by atoms with Gasteiger partial charge in [-0.3, -0.25) is 9.59 Å². The highest BCUT2D eigenvalue weighted by molar-refractivity contribution is 5.98. The van der Waals surface area contributed by atoms with E-state index in [4.69, 9.17) is 16.6 Å². The lowest BCUT2D eigenvalue weighted by Crippen LogP contribution is -2.37. The number of anilines is 1. The van der Waals surface area contributed by atoms with Crippen molar-refractivity contribution < 1.29 is 9.59 Å². The van der Waals surface area contributed by atoms with Crippen LogP contribution < -0.4 is 11.5 Å². The summed E-state index contributed by atoms with van der Waals surface area (Å²) >= 11 is 0. The van der Waals surface area contributed by atoms with Crippen LogP contribution in [0.15, 0.2) is 36.9 Å². The van der Waals surface area contributed by atoms with E-state index in [9.17, 15) is 9.59 Å². The van der Waals surface area contributed by atoms with Gasteiger partial charge in [0.15, 0.2) is 0 Å². The number of amides is 2. The highest BCUT2D eigenvalue weighted by atomic mass is 16.2. The van der Waals surface area contributed by atoms with Crippen LogP contribution in [0.2, 0.25) is 0 Å². The summed E-state index contributed by atoms with van der Waals surface area (Å²) in [4.78, 5) is 26.1. The molecular formula is C22H27N5O2. The number of primary amides is 1. The summed E-state index contributed by atoms with van der Waals surface area (Å²) in [6.07, 6.45) is 5.80. The van der Waals surface area contributed by atoms with E-state index >= 15 is 0 Å². The summed E-state index contributed by atoms with van der Waals surface area (Å²) in [5.41, 5.74) is 15.6. The van der Waals surface area contributed by atoms with Crippen molar-refractivity contribution in [3.63, 3.8) is 0 Å². The smallest absolute Gasteiger partial charge is 0.254 e. The van der Waals surface area contributed by atoms with Gasteiger partial charge >= 0.3 is 0 Å². The largest absolute Gasteiger partial charge is 0.383 e. The second-order valence-corrected chi connectivity index (χ2v) is 7.93. The van der Waals surface area contributed by atoms with Gasteiger partial charge in [0, 0.05) is 12.5 Å². The molecule has 2 amide bonds. The number of fused-ring (bicyclic) bond motifs is 1. The topological polar surface area (TPSA) is 107 Å². The minimum Gasteiger partial charge on any atom is -0.383 e. The zero-order valence-electron chi connectivity index (χ0n) is 16.5. The Bertz CT molecular complexity index is 964. The number of nitrogens with two attached hydrogens (primary N) is 2. The number of hydrogen-bond donors (Lipinski definition) is 2. The third kappa shape index (κ3) is 3.52. The maximum atomic E-state index is 12.2. The third-order valence-corrected chi connectivity index (χ3v) is 6.22. The quantitative estimate of drug-likeness (QED) is 0.758. The molecule has 7 nitrogen and oxygen atoms in total. The third-order valence-electron chi connectivity index (χ3n) is 6.22. The minimum atomic E-state index is -0.548. The zero-order chi connectivity index (χ0) is 20.5. The molecule has 0 radical (unpaired) electrons. The first kappa shape index (κ1) is 19.2. The van der Waals surface area contributed by atoms with Crippen molar-refractivity contribution in [3.8, 4) is 0 Å². The Balaban J connectivity index is 1.63. The summed E-state index contributed by atoms with van der Waals surface area (Å²) in [5.74, 6) is -0.236. The first-order valence-electron chi connectivity index (χ1n) is 10.2. The second kappa shape index (κ2) is 7.73. The Kier molecular flexibility index (Phi) is 5.13. The van der Waals surface area contributed by atoms with Crippen molar-refractivity contribution in [2.75, 3.05) is 12.3 Å². The van der Waals surface area contributed by atoms with Crippen LogP contribution in [-0.4, -0.2) is 39.1 Å². The number of nitrogen functional groups attached to an aromatic ring is 1. The Morgan fingerprint density at radius 2 is 2.00 bits per heavy atom. The molecule has 2 aliphatic rings. The van der Waals surface area contributed by atoms with Gasteiger partial charge in [-0.15, -0.1) is 0 Å². The summed E-state index contributed by atoms with van der Waals surface area (Å²) in [6, 6.07) is 8.36. The lowest BCUT2D eigenvalue weighted by molar-refractivity contribution is -0.127. The van der Waals surface area contributed by atoms with Crippen LogP contribution in [0.5, 0.6) is 0 Å². The van der Waals surface area contributed by atoms with Crippen LogP contribution in [0.4, 0.5) is 5.82 Å². The molecule has 0 bridgehead atoms. The standard InChI is InChI=1S/C22H27N5O2/c1-2-18(28)26-11-5-8-17(26)13-27-21(23)19(22(24)29)20(25-27)16-10-9-14-6-3-4-7-15(14)12-16/h2-4,6-7,16-17H,1,5,8-13,23H2,(H2,24,29)/t16-,17-/m0/s1. The minimum absolute atomic E-state index is 0.0108. The number of benzene rings is 1. The fraction of sp³-hybridized carbons (Fsp3) is 0.409. The lowest BCUT2D eigenvalue weighted by atomic mass is 9.81. The SMILES string of the molecule is C=CC(=O)N1CCC[C@H]1Cn1nc([C@H]2CCc3ccccc3C2)c(C(N)=O)c1N. The molecule has 4 rings (SSSR count). The van der Waals surface area contributed by atoms with Gasteiger partial charge in [0.05, 0.1) is 18.3 Å². The van der Waals surface area contributed by atoms with Gasteiger partial charge in [-0.2, -0.15) is 5.10 Å². The van der Waals surface area contributed by atoms with Crippen LogP contribution in [0.25, 0.3) is 0 Å². The normalized spacial score (nSPS) is 21.0. The van der Waals surface area contributed by atoms with Crippen molar-refractivity contribution in [1.82, 2.24) is 14.7 Å². The number of hydrogen-bond acceptors (Lipinski definition) is 4. The van der Waals surface area contributed by atoms with Crippen LogP contribution >= 0.6 is 0 Å². The van der Waals surface area contributed by atoms with Gasteiger partial charge in [0.1, 0.15) is 11.4 Å². The molecule has 2 aromatic rings. The molecule has 1 aliphatic carbocycles. The molecule has 2 atom stereocenters. The van der Waals surface area contributed by atoms with E-state index in [0.29, 0.717) is 30.2 Å². The lowest BCUT2D eigenvalue weighted by Gasteiger charge is -2.24. The first-order chi connectivity index (χ1) is 14.0. The molecule has 1 aliphatic heterocycles. The summed E-state index contributed by atoms with van der Waals surface area (Å²) in [6.45, 7) is 4.74. The molecule has 1 fully saturated rings. The van der Waals surface area contributed by atoms with E-state index in [1.807, 2.05) is 6.07 Å². The number of carbonyl (C=O) groups is 2. The molecule has 1 saturated heterocycles. The van der Waals surface area contributed by atoms with Crippen molar-refractivity contribution in [2.24, 2.45) is 5.73 Å². The summed E-state index contributed by atoms with van der Waals surface area (Å²) in [7, 11) is 0. The fourth-order valence-electron chi connectivity index (χ4n) is 4.74. The molecule has 4 N–H and O–H groups in total. The van der Waals surface area contributed by atoms with E-state index < -0.39 is 5.91 Å². The van der Waals surface area contributed by atoms with Gasteiger partial charge in [-0.25, -0.2) is 4.68 Å². The maximum Gasteiger partial charge on any atom is 0.254 e. The molecule has 0 saturated carbocycles. The first-order valence-corrected chi connectivity index (χ1v) is 10.2. The summed E-state index contributed by atoms with van der Waals surface area (Å²) < 4.78 is 1.66. The van der Waals surface area contributed by atoms with Crippen LogP contribution in [0, 0.1) is 0 Å². The van der Waals surface area contributed by atoms with E-state index in [1.54, 1.807) is 9.58 Å². The van der Waals surface area contributed by atoms with E-state index in [-0.39, 0.29) is 17.9 Å². The van der Waals surface area contributed by atoms with E-state index in [2.05, 4.69) is 24.8 Å². The molecule has 2 heterocycles. The number of nitrogens with zero attached hydrogens (tertiary/aromatic N) is 3. The average molecular weight is 393 g/mol. The number of likely N-dealkylation sites (tertiary alicyclic amines) is 1. The van der Waals surface area contributed by atoms with Gasteiger partial charge in [-0.05, 0) is 49.3 Å². The highest BCUT2D eigenvalue weighted by Crippen LogP contribution is 2.35. The van der Waals surface area contributed by atoms with Gasteiger partial charge in [-0.1, -0.05) is 30.8 Å². The van der Waals surface area contributed by atoms with Crippen LogP contribution in [-0.2, 0) is 24.2 Å². The van der Waals surface area contributed by atoms with Crippen LogP contribution in [0.1, 0.15) is 52.4 Å². The van der Waals surface area contributed by atoms with E-state index in [1.165, 1.54) is 17.2 Å². The molecule has 29 heavy (non-hydrogen) atoms. The van der Waals surface area contributed by atoms with Gasteiger partial charge in [0.2, 0.25) is 5.91 Å². The number of rotatable bonds is 5. The molecule has 0 unspecified atom stereocenters. The molecule has 0 spiro atoms. The predicted octanol–water partition coefficient (Wildman–Crippen LogP) is 2.01. The molecule has 1 aromatic heterocycles.